The van der Waals surface area contributed by atoms with Gasteiger partial charge in [-0.2, -0.15) is 21.6 Å². The van der Waals surface area contributed by atoms with Crippen molar-refractivity contribution >= 4 is 27.0 Å². The highest BCUT2D eigenvalue weighted by molar-refractivity contribution is 7.93. The van der Waals surface area contributed by atoms with Crippen molar-refractivity contribution in [1.29, 1.82) is 0 Å². The number of ether oxygens (including phenoxy) is 1. The van der Waals surface area contributed by atoms with Crippen LogP contribution < -0.4 is 9.46 Å². The van der Waals surface area contributed by atoms with Gasteiger partial charge in [0.25, 0.3) is 0 Å². The fraction of sp³-hybridized carbons (Fsp3) is 0.250. The van der Waals surface area contributed by atoms with Crippen LogP contribution in [0.4, 0.5) is 18.9 Å². The van der Waals surface area contributed by atoms with E-state index in [2.05, 4.69) is 4.98 Å². The second-order valence-electron chi connectivity index (χ2n) is 7.05. The fourth-order valence-corrected chi connectivity index (χ4v) is 4.57. The summed E-state index contributed by atoms with van der Waals surface area (Å²) in [6, 6.07) is 10.6. The fourth-order valence-electron chi connectivity index (χ4n) is 3.42. The number of fused-ring (bicyclic) bond motifs is 1. The first kappa shape index (κ1) is 21.6. The van der Waals surface area contributed by atoms with Crippen molar-refractivity contribution in [2.75, 3.05) is 11.3 Å². The maximum atomic E-state index is 12.8. The van der Waals surface area contributed by atoms with Crippen molar-refractivity contribution < 1.29 is 31.4 Å². The molecule has 11 heteroatoms. The number of sulfonamides is 1. The quantitative estimate of drug-likeness (QED) is 0.579. The van der Waals surface area contributed by atoms with Gasteiger partial charge in [-0.25, -0.2) is 4.98 Å². The minimum Gasteiger partial charge on any atom is -0.493 e. The number of alkyl halides is 3. The number of aromatic nitrogens is 1. The third-order valence-corrected chi connectivity index (χ3v) is 6.71. The molecule has 6 nitrogen and oxygen atoms in total. The van der Waals surface area contributed by atoms with Crippen LogP contribution in [-0.2, 0) is 16.4 Å². The number of nitrogens with one attached hydrogen (secondary N) is 1. The Morgan fingerprint density at radius 2 is 2.00 bits per heavy atom. The zero-order valence-corrected chi connectivity index (χ0v) is 17.5. The van der Waals surface area contributed by atoms with Gasteiger partial charge in [0.1, 0.15) is 5.75 Å². The van der Waals surface area contributed by atoms with E-state index in [0.717, 1.165) is 5.69 Å². The number of aliphatic hydroxyl groups excluding tert-OH is 1. The van der Waals surface area contributed by atoms with Crippen molar-refractivity contribution in [2.45, 2.75) is 18.0 Å². The lowest BCUT2D eigenvalue weighted by atomic mass is 9.88. The van der Waals surface area contributed by atoms with Gasteiger partial charge in [0, 0.05) is 22.4 Å². The zero-order valence-electron chi connectivity index (χ0n) is 15.8. The van der Waals surface area contributed by atoms with Gasteiger partial charge in [0.05, 0.1) is 29.6 Å². The smallest absolute Gasteiger partial charge is 0.493 e. The number of hydrogen-bond donors (Lipinski definition) is 2. The predicted octanol–water partition coefficient (Wildman–Crippen LogP) is 4.36. The molecule has 2 aromatic carbocycles. The summed E-state index contributed by atoms with van der Waals surface area (Å²) in [5, 5.41) is 12.7. The summed E-state index contributed by atoms with van der Waals surface area (Å²) >= 11 is 1.47. The van der Waals surface area contributed by atoms with Crippen LogP contribution in [0.2, 0.25) is 0 Å². The van der Waals surface area contributed by atoms with Crippen LogP contribution in [0, 0.1) is 5.92 Å². The third kappa shape index (κ3) is 4.39. The Bertz CT molecular complexity index is 1180. The second-order valence-corrected chi connectivity index (χ2v) is 9.44. The molecule has 164 valence electrons. The summed E-state index contributed by atoms with van der Waals surface area (Å²) in [5.41, 5.74) is -1.80. The molecule has 0 spiro atoms. The summed E-state index contributed by atoms with van der Waals surface area (Å²) in [6.07, 6.45) is -0.244. The summed E-state index contributed by atoms with van der Waals surface area (Å²) in [5.74, 6) is 0.208. The molecule has 2 atom stereocenters. The monoisotopic (exact) mass is 470 g/mol. The average molecular weight is 470 g/mol. The van der Waals surface area contributed by atoms with Crippen molar-refractivity contribution in [3.63, 3.8) is 0 Å². The number of halogens is 3. The second kappa shape index (κ2) is 8.13. The number of para-hydroxylation sites is 1. The zero-order chi connectivity index (χ0) is 22.2. The summed E-state index contributed by atoms with van der Waals surface area (Å²) in [6.45, 7) is 0.248. The molecule has 4 rings (SSSR count). The molecule has 2 N–H and O–H groups in total. The molecule has 1 unspecified atom stereocenters. The number of nitrogens with zero attached hydrogens (tertiary/aromatic N) is 1. The Morgan fingerprint density at radius 1 is 1.23 bits per heavy atom. The van der Waals surface area contributed by atoms with E-state index in [1.807, 2.05) is 5.38 Å². The highest BCUT2D eigenvalue weighted by Gasteiger charge is 2.46. The van der Waals surface area contributed by atoms with Gasteiger partial charge in [0.2, 0.25) is 0 Å². The van der Waals surface area contributed by atoms with Crippen LogP contribution in [0.3, 0.4) is 0 Å². The molecule has 0 aliphatic carbocycles. The number of aliphatic hydroxyl groups is 1. The molecular formula is C20H17F3N2O4S2. The van der Waals surface area contributed by atoms with Gasteiger partial charge in [-0.05, 0) is 24.1 Å². The SMILES string of the molecule is O=S(=O)(Nc1ccccc1-c1ccc2c(c1)OCC(Cc1cscn1)[C@H]2O)C(F)(F)F. The molecule has 0 amide bonds. The maximum absolute atomic E-state index is 12.8. The Balaban J connectivity index is 1.62. The summed E-state index contributed by atoms with van der Waals surface area (Å²) < 4.78 is 68.9. The van der Waals surface area contributed by atoms with E-state index in [1.165, 1.54) is 29.5 Å². The first-order valence-electron chi connectivity index (χ1n) is 9.16. The lowest BCUT2D eigenvalue weighted by Crippen LogP contribution is -2.30. The minimum absolute atomic E-state index is 0.189. The summed E-state index contributed by atoms with van der Waals surface area (Å²) in [7, 11) is -5.57. The van der Waals surface area contributed by atoms with E-state index in [1.54, 1.807) is 34.5 Å². The largest absolute Gasteiger partial charge is 0.516 e. The normalized spacial score (nSPS) is 18.8. The van der Waals surface area contributed by atoms with Crippen molar-refractivity contribution in [2.24, 2.45) is 5.92 Å². The van der Waals surface area contributed by atoms with Gasteiger partial charge in [0.15, 0.2) is 0 Å². The van der Waals surface area contributed by atoms with Crippen LogP contribution in [0.15, 0.2) is 53.4 Å². The molecule has 1 aliphatic heterocycles. The number of thiazole rings is 1. The van der Waals surface area contributed by atoms with Gasteiger partial charge in [-0.15, -0.1) is 11.3 Å². The Kier molecular flexibility index (Phi) is 5.67. The molecule has 0 bridgehead atoms. The van der Waals surface area contributed by atoms with Gasteiger partial charge < -0.3 is 9.84 Å². The molecular weight excluding hydrogens is 453 g/mol. The summed E-state index contributed by atoms with van der Waals surface area (Å²) in [4.78, 5) is 4.23. The number of hydrogen-bond acceptors (Lipinski definition) is 6. The number of rotatable bonds is 5. The van der Waals surface area contributed by atoms with Crippen LogP contribution in [0.1, 0.15) is 17.4 Å². The molecule has 1 aliphatic rings. The van der Waals surface area contributed by atoms with E-state index in [4.69, 9.17) is 4.74 Å². The van der Waals surface area contributed by atoms with E-state index in [0.29, 0.717) is 23.3 Å². The predicted molar refractivity (Wildman–Crippen MR) is 110 cm³/mol. The Hall–Kier alpha value is -2.63. The Labute approximate surface area is 180 Å². The molecule has 0 saturated heterocycles. The first-order valence-corrected chi connectivity index (χ1v) is 11.6. The number of anilines is 1. The Morgan fingerprint density at radius 3 is 2.71 bits per heavy atom. The minimum atomic E-state index is -5.57. The van der Waals surface area contributed by atoms with Gasteiger partial charge in [-0.3, -0.25) is 4.72 Å². The van der Waals surface area contributed by atoms with Crippen LogP contribution in [-0.4, -0.2) is 30.6 Å². The highest BCUT2D eigenvalue weighted by atomic mass is 32.2. The lowest BCUT2D eigenvalue weighted by molar-refractivity contribution is -0.0429. The molecule has 3 aromatic rings. The lowest BCUT2D eigenvalue weighted by Gasteiger charge is -2.30. The highest BCUT2D eigenvalue weighted by Crippen LogP contribution is 2.41. The number of benzene rings is 2. The van der Waals surface area contributed by atoms with E-state index in [-0.39, 0.29) is 23.8 Å². The van der Waals surface area contributed by atoms with Crippen molar-refractivity contribution in [3.8, 4) is 16.9 Å². The van der Waals surface area contributed by atoms with E-state index in [9.17, 15) is 26.7 Å². The van der Waals surface area contributed by atoms with Crippen molar-refractivity contribution in [1.82, 2.24) is 4.98 Å². The average Bonchev–Trinajstić information content (AvgIpc) is 3.22. The first-order chi connectivity index (χ1) is 14.7. The van der Waals surface area contributed by atoms with Crippen LogP contribution in [0.25, 0.3) is 11.1 Å². The topological polar surface area (TPSA) is 88.5 Å². The van der Waals surface area contributed by atoms with Gasteiger partial charge in [-0.1, -0.05) is 30.3 Å². The molecule has 1 aromatic heterocycles. The molecule has 0 fully saturated rings. The van der Waals surface area contributed by atoms with Crippen LogP contribution in [0.5, 0.6) is 5.75 Å². The van der Waals surface area contributed by atoms with E-state index >= 15 is 0 Å². The molecule has 2 heterocycles. The van der Waals surface area contributed by atoms with Crippen LogP contribution >= 0.6 is 11.3 Å². The molecule has 31 heavy (non-hydrogen) atoms. The molecule has 0 saturated carbocycles. The third-order valence-electron chi connectivity index (χ3n) is 4.97. The van der Waals surface area contributed by atoms with Gasteiger partial charge >= 0.3 is 15.5 Å². The standard InChI is InChI=1S/C20H17F3N2O4S2/c21-20(22,23)31(27,28)25-17-4-2-1-3-15(17)12-5-6-16-18(8-12)29-9-13(19(16)26)7-14-10-30-11-24-14/h1-6,8,10-11,13,19,25-26H,7,9H2/t13?,19-/m1/s1. The van der Waals surface area contributed by atoms with Crippen molar-refractivity contribution in [3.05, 3.63) is 64.6 Å². The van der Waals surface area contributed by atoms with E-state index < -0.39 is 21.6 Å². The maximum Gasteiger partial charge on any atom is 0.516 e. The molecule has 0 radical (unpaired) electrons.